The molecule has 102 valence electrons. The third kappa shape index (κ3) is 3.52. The summed E-state index contributed by atoms with van der Waals surface area (Å²) in [7, 11) is 0. The maximum atomic E-state index is 13.6. The molecular weight excluding hydrogens is 267 g/mol. The van der Waals surface area contributed by atoms with Crippen molar-refractivity contribution in [2.24, 2.45) is 5.73 Å². The number of nitrogens with zero attached hydrogens (tertiary/aromatic N) is 3. The molecule has 0 aliphatic rings. The van der Waals surface area contributed by atoms with Crippen LogP contribution in [-0.2, 0) is 6.54 Å². The van der Waals surface area contributed by atoms with Gasteiger partial charge >= 0.3 is 0 Å². The van der Waals surface area contributed by atoms with Crippen molar-refractivity contribution in [1.29, 1.82) is 0 Å². The number of hydrogen-bond donors (Lipinski definition) is 1. The van der Waals surface area contributed by atoms with Crippen molar-refractivity contribution in [3.8, 4) is 0 Å². The minimum atomic E-state index is -0.306. The summed E-state index contributed by atoms with van der Waals surface area (Å²) >= 11 is 5.85. The number of rotatable bonds is 5. The highest BCUT2D eigenvalue weighted by Gasteiger charge is 2.11. The summed E-state index contributed by atoms with van der Waals surface area (Å²) < 4.78 is 15.2. The Balaban J connectivity index is 2.13. The Kier molecular flexibility index (Phi) is 4.50. The van der Waals surface area contributed by atoms with Crippen molar-refractivity contribution < 1.29 is 4.39 Å². The van der Waals surface area contributed by atoms with Crippen LogP contribution < -0.4 is 5.73 Å². The zero-order valence-electron chi connectivity index (χ0n) is 10.7. The molecule has 0 aliphatic carbocycles. The standard InChI is InChI=1S/C13H16ClFN4/c1-2-3-12(16)13-8-19(18-17-13)7-9-6-10(14)4-5-11(9)15/h4-6,8,12H,2-3,7,16H2,1H3. The van der Waals surface area contributed by atoms with E-state index in [2.05, 4.69) is 17.2 Å². The molecule has 4 nitrogen and oxygen atoms in total. The predicted molar refractivity (Wildman–Crippen MR) is 72.4 cm³/mol. The zero-order chi connectivity index (χ0) is 13.8. The Hall–Kier alpha value is -1.46. The van der Waals surface area contributed by atoms with Crippen LogP contribution in [-0.4, -0.2) is 15.0 Å². The van der Waals surface area contributed by atoms with Gasteiger partial charge in [-0.05, 0) is 24.6 Å². The average molecular weight is 283 g/mol. The molecule has 0 radical (unpaired) electrons. The van der Waals surface area contributed by atoms with Crippen LogP contribution >= 0.6 is 11.6 Å². The highest BCUT2D eigenvalue weighted by molar-refractivity contribution is 6.30. The second-order valence-corrected chi connectivity index (χ2v) is 4.91. The SMILES string of the molecule is CCCC(N)c1cn(Cc2cc(Cl)ccc2F)nn1. The van der Waals surface area contributed by atoms with Crippen LogP contribution in [0.15, 0.2) is 24.4 Å². The van der Waals surface area contributed by atoms with Gasteiger partial charge in [0.2, 0.25) is 0 Å². The second kappa shape index (κ2) is 6.12. The normalized spacial score (nSPS) is 12.6. The smallest absolute Gasteiger partial charge is 0.128 e. The molecule has 0 saturated carbocycles. The maximum absolute atomic E-state index is 13.6. The van der Waals surface area contributed by atoms with Gasteiger partial charge in [0.15, 0.2) is 0 Å². The molecule has 6 heteroatoms. The first-order chi connectivity index (χ1) is 9.10. The molecule has 1 atom stereocenters. The van der Waals surface area contributed by atoms with Crippen molar-refractivity contribution in [3.63, 3.8) is 0 Å². The monoisotopic (exact) mass is 282 g/mol. The lowest BCUT2D eigenvalue weighted by Gasteiger charge is -2.05. The lowest BCUT2D eigenvalue weighted by molar-refractivity contribution is 0.577. The molecule has 0 amide bonds. The first-order valence-corrected chi connectivity index (χ1v) is 6.57. The third-order valence-corrected chi connectivity index (χ3v) is 3.11. The Morgan fingerprint density at radius 2 is 2.26 bits per heavy atom. The Morgan fingerprint density at radius 1 is 1.47 bits per heavy atom. The van der Waals surface area contributed by atoms with Gasteiger partial charge in [-0.1, -0.05) is 30.2 Å². The van der Waals surface area contributed by atoms with Crippen molar-refractivity contribution >= 4 is 11.6 Å². The van der Waals surface area contributed by atoms with Gasteiger partial charge in [-0.25, -0.2) is 9.07 Å². The largest absolute Gasteiger partial charge is 0.323 e. The fourth-order valence-corrected chi connectivity index (χ4v) is 2.05. The number of halogens is 2. The van der Waals surface area contributed by atoms with E-state index >= 15 is 0 Å². The lowest BCUT2D eigenvalue weighted by Crippen LogP contribution is -2.10. The number of aromatic nitrogens is 3. The molecule has 2 N–H and O–H groups in total. The first kappa shape index (κ1) is 14.0. The Bertz CT molecular complexity index is 555. The molecule has 2 rings (SSSR count). The molecule has 0 aliphatic heterocycles. The third-order valence-electron chi connectivity index (χ3n) is 2.88. The number of nitrogens with two attached hydrogens (primary N) is 1. The fraction of sp³-hybridized carbons (Fsp3) is 0.385. The van der Waals surface area contributed by atoms with E-state index in [1.54, 1.807) is 16.9 Å². The molecular formula is C13H16ClFN4. The number of hydrogen-bond acceptors (Lipinski definition) is 3. The van der Waals surface area contributed by atoms with Crippen molar-refractivity contribution in [2.75, 3.05) is 0 Å². The second-order valence-electron chi connectivity index (χ2n) is 4.47. The van der Waals surface area contributed by atoms with Crippen LogP contribution in [0.3, 0.4) is 0 Å². The molecule has 1 aromatic heterocycles. The van der Waals surface area contributed by atoms with E-state index in [1.165, 1.54) is 12.1 Å². The summed E-state index contributed by atoms with van der Waals surface area (Å²) in [6, 6.07) is 4.33. The molecule has 19 heavy (non-hydrogen) atoms. The summed E-state index contributed by atoms with van der Waals surface area (Å²) in [5.74, 6) is -0.306. The molecule has 1 unspecified atom stereocenters. The predicted octanol–water partition coefficient (Wildman–Crippen LogP) is 2.92. The summed E-state index contributed by atoms with van der Waals surface area (Å²) in [6.07, 6.45) is 3.59. The van der Waals surface area contributed by atoms with E-state index in [1.807, 2.05) is 0 Å². The fourth-order valence-electron chi connectivity index (χ4n) is 1.86. The van der Waals surface area contributed by atoms with Gasteiger partial charge in [0.05, 0.1) is 24.5 Å². The van der Waals surface area contributed by atoms with E-state index in [0.717, 1.165) is 18.5 Å². The van der Waals surface area contributed by atoms with Gasteiger partial charge in [-0.3, -0.25) is 0 Å². The van der Waals surface area contributed by atoms with Gasteiger partial charge in [-0.15, -0.1) is 5.10 Å². The molecule has 0 fully saturated rings. The van der Waals surface area contributed by atoms with Crippen LogP contribution in [0.2, 0.25) is 5.02 Å². The van der Waals surface area contributed by atoms with E-state index in [4.69, 9.17) is 17.3 Å². The molecule has 2 aromatic rings. The van der Waals surface area contributed by atoms with E-state index in [9.17, 15) is 4.39 Å². The Morgan fingerprint density at radius 3 is 3.00 bits per heavy atom. The van der Waals surface area contributed by atoms with Gasteiger partial charge in [0, 0.05) is 10.6 Å². The highest BCUT2D eigenvalue weighted by Crippen LogP contribution is 2.17. The van der Waals surface area contributed by atoms with Crippen LogP contribution in [0, 0.1) is 5.82 Å². The molecule has 1 aromatic carbocycles. The van der Waals surface area contributed by atoms with Crippen molar-refractivity contribution in [1.82, 2.24) is 15.0 Å². The number of benzene rings is 1. The Labute approximate surface area is 116 Å². The summed E-state index contributed by atoms with van der Waals surface area (Å²) in [6.45, 7) is 2.35. The summed E-state index contributed by atoms with van der Waals surface area (Å²) in [5.41, 5.74) is 7.16. The summed E-state index contributed by atoms with van der Waals surface area (Å²) in [4.78, 5) is 0. The highest BCUT2D eigenvalue weighted by atomic mass is 35.5. The molecule has 0 spiro atoms. The molecule has 0 saturated heterocycles. The van der Waals surface area contributed by atoms with E-state index in [0.29, 0.717) is 10.6 Å². The zero-order valence-corrected chi connectivity index (χ0v) is 11.4. The minimum absolute atomic E-state index is 0.122. The van der Waals surface area contributed by atoms with E-state index in [-0.39, 0.29) is 18.4 Å². The van der Waals surface area contributed by atoms with Crippen molar-refractivity contribution in [3.05, 3.63) is 46.5 Å². The minimum Gasteiger partial charge on any atom is -0.323 e. The van der Waals surface area contributed by atoms with Crippen LogP contribution in [0.25, 0.3) is 0 Å². The molecule has 1 heterocycles. The van der Waals surface area contributed by atoms with Gasteiger partial charge in [-0.2, -0.15) is 0 Å². The molecule has 0 bridgehead atoms. The van der Waals surface area contributed by atoms with Crippen LogP contribution in [0.5, 0.6) is 0 Å². The first-order valence-electron chi connectivity index (χ1n) is 6.19. The quantitative estimate of drug-likeness (QED) is 0.917. The average Bonchev–Trinajstić information content (AvgIpc) is 2.83. The van der Waals surface area contributed by atoms with Gasteiger partial charge < -0.3 is 5.73 Å². The van der Waals surface area contributed by atoms with Crippen LogP contribution in [0.1, 0.15) is 37.1 Å². The van der Waals surface area contributed by atoms with Crippen molar-refractivity contribution in [2.45, 2.75) is 32.4 Å². The van der Waals surface area contributed by atoms with Gasteiger partial charge in [0.1, 0.15) is 5.82 Å². The van der Waals surface area contributed by atoms with Gasteiger partial charge in [0.25, 0.3) is 0 Å². The maximum Gasteiger partial charge on any atom is 0.128 e. The topological polar surface area (TPSA) is 56.7 Å². The lowest BCUT2D eigenvalue weighted by atomic mass is 10.1. The van der Waals surface area contributed by atoms with Crippen LogP contribution in [0.4, 0.5) is 4.39 Å². The van der Waals surface area contributed by atoms with E-state index < -0.39 is 0 Å². The summed E-state index contributed by atoms with van der Waals surface area (Å²) in [5, 5.41) is 8.48.